The summed E-state index contributed by atoms with van der Waals surface area (Å²) in [5, 5.41) is 0. The third-order valence-corrected chi connectivity index (χ3v) is 1.89. The molecule has 0 saturated carbocycles. The van der Waals surface area contributed by atoms with Crippen LogP contribution in [-0.4, -0.2) is 17.5 Å². The summed E-state index contributed by atoms with van der Waals surface area (Å²) >= 11 is 0. The molecule has 0 aromatic rings. The molecular weight excluding hydrogens is 86.1 g/mol. The first-order valence-electron chi connectivity index (χ1n) is 2.89. The molecule has 1 saturated heterocycles. The molecule has 1 heteroatoms. The summed E-state index contributed by atoms with van der Waals surface area (Å²) in [5.41, 5.74) is 0. The van der Waals surface area contributed by atoms with Crippen LogP contribution in [0.2, 0.25) is 0 Å². The first-order chi connectivity index (χ1) is 3.47. The second kappa shape index (κ2) is 1.03. The van der Waals surface area contributed by atoms with Gasteiger partial charge < -0.3 is 4.90 Å². The topological polar surface area (TPSA) is 3.24 Å². The second-order valence-electron chi connectivity index (χ2n) is 2.30. The molecule has 2 heterocycles. The van der Waals surface area contributed by atoms with Crippen LogP contribution in [-0.2, 0) is 0 Å². The Kier molecular flexibility index (Phi) is 0.518. The number of hydrogen-bond donors (Lipinski definition) is 0. The van der Waals surface area contributed by atoms with Crippen molar-refractivity contribution in [2.75, 3.05) is 6.54 Å². The smallest absolute Gasteiger partial charge is 0.0336 e. The van der Waals surface area contributed by atoms with Crippen molar-refractivity contribution < 1.29 is 0 Å². The van der Waals surface area contributed by atoms with Gasteiger partial charge in [0.1, 0.15) is 0 Å². The fourth-order valence-corrected chi connectivity index (χ4v) is 1.26. The highest BCUT2D eigenvalue weighted by Crippen LogP contribution is 2.25. The maximum Gasteiger partial charge on any atom is 0.0336 e. The normalized spacial score (nSPS) is 35.4. The summed E-state index contributed by atoms with van der Waals surface area (Å²) in [7, 11) is 0. The fourth-order valence-electron chi connectivity index (χ4n) is 1.26. The maximum atomic E-state index is 2.40. The van der Waals surface area contributed by atoms with Crippen LogP contribution in [0.15, 0.2) is 12.3 Å². The Morgan fingerprint density at radius 3 is 2.86 bits per heavy atom. The Bertz CT molecular complexity index is 107. The number of hydrogen-bond acceptors (Lipinski definition) is 1. The van der Waals surface area contributed by atoms with E-state index in [1.807, 2.05) is 0 Å². The monoisotopic (exact) mass is 95.1 g/mol. The molecule has 7 heavy (non-hydrogen) atoms. The summed E-state index contributed by atoms with van der Waals surface area (Å²) < 4.78 is 0. The van der Waals surface area contributed by atoms with Crippen LogP contribution >= 0.6 is 0 Å². The summed E-state index contributed by atoms with van der Waals surface area (Å²) in [6, 6.07) is 0.917. The van der Waals surface area contributed by atoms with Gasteiger partial charge in [-0.2, -0.15) is 0 Å². The average Bonchev–Trinajstić information content (AvgIpc) is 1.85. The zero-order chi connectivity index (χ0) is 4.69. The largest absolute Gasteiger partial charge is 0.374 e. The van der Waals surface area contributed by atoms with Crippen LogP contribution in [0.1, 0.15) is 12.8 Å². The minimum absolute atomic E-state index is 0.917. The molecular formula is C6H9N. The lowest BCUT2D eigenvalue weighted by molar-refractivity contribution is 0.177. The Morgan fingerprint density at radius 1 is 1.57 bits per heavy atom. The summed E-state index contributed by atoms with van der Waals surface area (Å²) in [6.07, 6.45) is 7.21. The highest BCUT2D eigenvalue weighted by atomic mass is 15.2. The van der Waals surface area contributed by atoms with Gasteiger partial charge in [-0.15, -0.1) is 0 Å². The van der Waals surface area contributed by atoms with Gasteiger partial charge in [-0.3, -0.25) is 0 Å². The van der Waals surface area contributed by atoms with Gasteiger partial charge in [-0.05, 0) is 19.0 Å². The first-order valence-corrected chi connectivity index (χ1v) is 2.89. The number of fused-ring (bicyclic) bond motifs is 1. The molecule has 0 aromatic heterocycles. The molecule has 1 nitrogen and oxygen atoms in total. The molecule has 0 N–H and O–H groups in total. The molecule has 2 aliphatic rings. The van der Waals surface area contributed by atoms with Gasteiger partial charge in [0.05, 0.1) is 0 Å². The molecule has 1 fully saturated rings. The predicted molar refractivity (Wildman–Crippen MR) is 28.9 cm³/mol. The Hall–Kier alpha value is -0.460. The lowest BCUT2D eigenvalue weighted by atomic mass is 10.1. The Labute approximate surface area is 43.6 Å². The van der Waals surface area contributed by atoms with Crippen molar-refractivity contribution in [3.8, 4) is 0 Å². The van der Waals surface area contributed by atoms with E-state index in [1.54, 1.807) is 0 Å². The number of nitrogens with zero attached hydrogens (tertiary/aromatic N) is 1. The average molecular weight is 95.1 g/mol. The molecule has 0 amide bonds. The minimum Gasteiger partial charge on any atom is -0.374 e. The molecule has 0 radical (unpaired) electrons. The molecule has 2 rings (SSSR count). The van der Waals surface area contributed by atoms with Crippen LogP contribution in [0.4, 0.5) is 0 Å². The molecule has 0 spiro atoms. The van der Waals surface area contributed by atoms with Gasteiger partial charge in [0, 0.05) is 12.6 Å². The minimum atomic E-state index is 0.917. The third-order valence-electron chi connectivity index (χ3n) is 1.89. The van der Waals surface area contributed by atoms with E-state index in [0.717, 1.165) is 6.04 Å². The summed E-state index contributed by atoms with van der Waals surface area (Å²) in [5.74, 6) is 0. The SMILES string of the molecule is C1=CN2CCC2C1. The van der Waals surface area contributed by atoms with Crippen LogP contribution in [0, 0.1) is 0 Å². The number of rotatable bonds is 0. The van der Waals surface area contributed by atoms with Crippen LogP contribution in [0.25, 0.3) is 0 Å². The third kappa shape index (κ3) is 0.328. The highest BCUT2D eigenvalue weighted by Gasteiger charge is 2.26. The van der Waals surface area contributed by atoms with E-state index in [9.17, 15) is 0 Å². The molecule has 0 aliphatic carbocycles. The zero-order valence-corrected chi connectivity index (χ0v) is 4.30. The molecule has 1 atom stereocenters. The van der Waals surface area contributed by atoms with Gasteiger partial charge in [-0.1, -0.05) is 6.08 Å². The molecule has 0 bridgehead atoms. The quantitative estimate of drug-likeness (QED) is 0.433. The molecule has 38 valence electrons. The summed E-state index contributed by atoms with van der Waals surface area (Å²) in [6.45, 7) is 1.31. The van der Waals surface area contributed by atoms with E-state index < -0.39 is 0 Å². The van der Waals surface area contributed by atoms with E-state index in [1.165, 1.54) is 19.4 Å². The van der Waals surface area contributed by atoms with E-state index in [4.69, 9.17) is 0 Å². The van der Waals surface area contributed by atoms with Gasteiger partial charge >= 0.3 is 0 Å². The van der Waals surface area contributed by atoms with Crippen molar-refractivity contribution in [1.29, 1.82) is 0 Å². The zero-order valence-electron chi connectivity index (χ0n) is 4.30. The maximum absolute atomic E-state index is 2.40. The highest BCUT2D eigenvalue weighted by molar-refractivity contribution is 5.03. The van der Waals surface area contributed by atoms with E-state index >= 15 is 0 Å². The van der Waals surface area contributed by atoms with E-state index in [-0.39, 0.29) is 0 Å². The van der Waals surface area contributed by atoms with E-state index in [0.29, 0.717) is 0 Å². The van der Waals surface area contributed by atoms with Crippen molar-refractivity contribution >= 4 is 0 Å². The van der Waals surface area contributed by atoms with Crippen LogP contribution in [0.3, 0.4) is 0 Å². The summed E-state index contributed by atoms with van der Waals surface area (Å²) in [4.78, 5) is 2.40. The van der Waals surface area contributed by atoms with Gasteiger partial charge in [0.25, 0.3) is 0 Å². The predicted octanol–water partition coefficient (Wildman–Crippen LogP) is 0.978. The molecule has 2 aliphatic heterocycles. The fraction of sp³-hybridized carbons (Fsp3) is 0.667. The van der Waals surface area contributed by atoms with Crippen molar-refractivity contribution in [2.45, 2.75) is 18.9 Å². The van der Waals surface area contributed by atoms with Crippen molar-refractivity contribution in [2.24, 2.45) is 0 Å². The van der Waals surface area contributed by atoms with Gasteiger partial charge in [0.15, 0.2) is 0 Å². The standard InChI is InChI=1S/C6H9N/c1-2-6-3-5-7(6)4-1/h1,4,6H,2-3,5H2. The second-order valence-corrected chi connectivity index (χ2v) is 2.30. The van der Waals surface area contributed by atoms with Gasteiger partial charge in [0.2, 0.25) is 0 Å². The molecule has 1 unspecified atom stereocenters. The van der Waals surface area contributed by atoms with Crippen molar-refractivity contribution in [3.05, 3.63) is 12.3 Å². The van der Waals surface area contributed by atoms with Crippen LogP contribution < -0.4 is 0 Å². The van der Waals surface area contributed by atoms with Gasteiger partial charge in [-0.25, -0.2) is 0 Å². The lowest BCUT2D eigenvalue weighted by Crippen LogP contribution is -2.40. The van der Waals surface area contributed by atoms with Crippen LogP contribution in [0.5, 0.6) is 0 Å². The lowest BCUT2D eigenvalue weighted by Gasteiger charge is -2.35. The Morgan fingerprint density at radius 2 is 2.57 bits per heavy atom. The van der Waals surface area contributed by atoms with E-state index in [2.05, 4.69) is 17.2 Å². The first kappa shape index (κ1) is 3.53. The molecule has 0 aromatic carbocycles. The van der Waals surface area contributed by atoms with Crippen molar-refractivity contribution in [1.82, 2.24) is 4.90 Å². The van der Waals surface area contributed by atoms with Crippen molar-refractivity contribution in [3.63, 3.8) is 0 Å². The Balaban J connectivity index is 2.14.